The lowest BCUT2D eigenvalue weighted by molar-refractivity contribution is -0.141. The van der Waals surface area contributed by atoms with Gasteiger partial charge in [-0.3, -0.25) is 0 Å². The molecule has 0 aliphatic heterocycles. The second-order valence-corrected chi connectivity index (χ2v) is 7.08. The van der Waals surface area contributed by atoms with E-state index < -0.39 is 21.9 Å². The summed E-state index contributed by atoms with van der Waals surface area (Å²) in [4.78, 5) is -0.114. The van der Waals surface area contributed by atoms with Gasteiger partial charge in [0.25, 0.3) is 0 Å². The van der Waals surface area contributed by atoms with Gasteiger partial charge >= 0.3 is 6.18 Å². The first kappa shape index (κ1) is 16.7. The SMILES string of the molecule is NS(=O)(=O)c1ccc(-n2nc(C(F)(F)F)cc2C2C=CCC2)cc1. The first-order valence-electron chi connectivity index (χ1n) is 7.13. The molecule has 0 bridgehead atoms. The van der Waals surface area contributed by atoms with Gasteiger partial charge in [-0.25, -0.2) is 18.2 Å². The molecule has 9 heteroatoms. The third kappa shape index (κ3) is 3.22. The van der Waals surface area contributed by atoms with Crippen LogP contribution in [-0.2, 0) is 16.2 Å². The second kappa shape index (κ2) is 5.75. The Labute approximate surface area is 136 Å². The van der Waals surface area contributed by atoms with Crippen LogP contribution in [0.5, 0.6) is 0 Å². The van der Waals surface area contributed by atoms with Crippen molar-refractivity contribution in [1.29, 1.82) is 0 Å². The molecule has 5 nitrogen and oxygen atoms in total. The van der Waals surface area contributed by atoms with Gasteiger partial charge in [-0.2, -0.15) is 18.3 Å². The van der Waals surface area contributed by atoms with E-state index in [4.69, 9.17) is 5.14 Å². The van der Waals surface area contributed by atoms with E-state index in [1.807, 2.05) is 12.2 Å². The van der Waals surface area contributed by atoms with Crippen LogP contribution < -0.4 is 5.14 Å². The predicted octanol–water partition coefficient (Wildman–Crippen LogP) is 2.97. The van der Waals surface area contributed by atoms with Crippen molar-refractivity contribution >= 4 is 10.0 Å². The molecule has 1 aliphatic carbocycles. The Morgan fingerprint density at radius 3 is 2.38 bits per heavy atom. The summed E-state index contributed by atoms with van der Waals surface area (Å²) < 4.78 is 62.8. The van der Waals surface area contributed by atoms with Crippen LogP contribution in [0.25, 0.3) is 5.69 Å². The minimum Gasteiger partial charge on any atom is -0.237 e. The highest BCUT2D eigenvalue weighted by molar-refractivity contribution is 7.89. The standard InChI is InChI=1S/C15H14F3N3O2S/c16-15(17,18)14-9-13(10-3-1-2-4-10)21(20-14)11-5-7-12(8-6-11)24(19,22)23/h1,3,5-10H,2,4H2,(H2,19,22,23). The van der Waals surface area contributed by atoms with Crippen molar-refractivity contribution in [3.63, 3.8) is 0 Å². The minimum absolute atomic E-state index is 0.114. The molecule has 1 heterocycles. The van der Waals surface area contributed by atoms with Crippen LogP contribution in [-0.4, -0.2) is 18.2 Å². The molecule has 0 saturated heterocycles. The number of rotatable bonds is 3. The Bertz CT molecular complexity index is 884. The zero-order chi connectivity index (χ0) is 17.5. The van der Waals surface area contributed by atoms with Crippen LogP contribution in [0.1, 0.15) is 30.1 Å². The van der Waals surface area contributed by atoms with Gasteiger partial charge < -0.3 is 0 Å². The number of halogens is 3. The highest BCUT2D eigenvalue weighted by Crippen LogP contribution is 2.35. The van der Waals surface area contributed by atoms with E-state index in [2.05, 4.69) is 5.10 Å². The summed E-state index contributed by atoms with van der Waals surface area (Å²) in [5.74, 6) is -0.161. The number of sulfonamides is 1. The fourth-order valence-corrected chi connectivity index (χ4v) is 3.18. The van der Waals surface area contributed by atoms with Crippen LogP contribution >= 0.6 is 0 Å². The number of nitrogens with two attached hydrogens (primary N) is 1. The molecule has 0 saturated carbocycles. The average Bonchev–Trinajstić information content (AvgIpc) is 3.15. The smallest absolute Gasteiger partial charge is 0.237 e. The van der Waals surface area contributed by atoms with E-state index in [1.54, 1.807) is 0 Å². The first-order chi connectivity index (χ1) is 11.2. The van der Waals surface area contributed by atoms with Gasteiger partial charge in [0.1, 0.15) is 0 Å². The van der Waals surface area contributed by atoms with Crippen LogP contribution in [0.15, 0.2) is 47.4 Å². The van der Waals surface area contributed by atoms with Crippen molar-refractivity contribution in [2.24, 2.45) is 5.14 Å². The van der Waals surface area contributed by atoms with E-state index in [0.717, 1.165) is 12.5 Å². The molecule has 1 aromatic carbocycles. The summed E-state index contributed by atoms with van der Waals surface area (Å²) in [6, 6.07) is 6.29. The fraction of sp³-hybridized carbons (Fsp3) is 0.267. The maximum absolute atomic E-state index is 13.0. The molecule has 3 rings (SSSR count). The van der Waals surface area contributed by atoms with Gasteiger partial charge in [-0.1, -0.05) is 12.2 Å². The van der Waals surface area contributed by atoms with Crippen LogP contribution in [0.3, 0.4) is 0 Å². The predicted molar refractivity (Wildman–Crippen MR) is 81.1 cm³/mol. The summed E-state index contributed by atoms with van der Waals surface area (Å²) in [6.07, 6.45) is 0.717. The van der Waals surface area contributed by atoms with E-state index in [-0.39, 0.29) is 10.8 Å². The third-order valence-corrected chi connectivity index (χ3v) is 4.76. The Hall–Kier alpha value is -2.13. The summed E-state index contributed by atoms with van der Waals surface area (Å²) in [5, 5.41) is 8.69. The molecular formula is C15H14F3N3O2S. The summed E-state index contributed by atoms with van der Waals surface area (Å²) in [6.45, 7) is 0. The minimum atomic E-state index is -4.55. The van der Waals surface area contributed by atoms with Crippen LogP contribution in [0.2, 0.25) is 0 Å². The zero-order valence-electron chi connectivity index (χ0n) is 12.4. The molecule has 0 spiro atoms. The van der Waals surface area contributed by atoms with Gasteiger partial charge in [-0.05, 0) is 43.2 Å². The molecule has 2 N–H and O–H groups in total. The van der Waals surface area contributed by atoms with E-state index >= 15 is 0 Å². The number of alkyl halides is 3. The second-order valence-electron chi connectivity index (χ2n) is 5.51. The highest BCUT2D eigenvalue weighted by Gasteiger charge is 2.36. The third-order valence-electron chi connectivity index (χ3n) is 3.83. The van der Waals surface area contributed by atoms with Gasteiger partial charge in [-0.15, -0.1) is 0 Å². The molecule has 24 heavy (non-hydrogen) atoms. The Balaban J connectivity index is 2.08. The molecule has 0 radical (unpaired) electrons. The summed E-state index contributed by atoms with van der Waals surface area (Å²) in [7, 11) is -3.87. The molecule has 1 aromatic heterocycles. The van der Waals surface area contributed by atoms with Crippen molar-refractivity contribution in [3.8, 4) is 5.69 Å². The lowest BCUT2D eigenvalue weighted by atomic mass is 10.0. The van der Waals surface area contributed by atoms with Crippen molar-refractivity contribution < 1.29 is 21.6 Å². The van der Waals surface area contributed by atoms with Crippen molar-refractivity contribution in [2.45, 2.75) is 29.8 Å². The largest absolute Gasteiger partial charge is 0.435 e. The molecule has 1 unspecified atom stereocenters. The molecule has 1 atom stereocenters. The van der Waals surface area contributed by atoms with Crippen LogP contribution in [0, 0.1) is 0 Å². The highest BCUT2D eigenvalue weighted by atomic mass is 32.2. The lowest BCUT2D eigenvalue weighted by Gasteiger charge is -2.12. The number of hydrogen-bond acceptors (Lipinski definition) is 3. The first-order valence-corrected chi connectivity index (χ1v) is 8.68. The molecule has 2 aromatic rings. The number of primary sulfonamides is 1. The maximum atomic E-state index is 13.0. The van der Waals surface area contributed by atoms with Gasteiger partial charge in [0.05, 0.1) is 16.3 Å². The normalized spacial score (nSPS) is 18.2. The van der Waals surface area contributed by atoms with Crippen molar-refractivity contribution in [3.05, 3.63) is 53.9 Å². The number of hydrogen-bond donors (Lipinski definition) is 1. The van der Waals surface area contributed by atoms with Crippen LogP contribution in [0.4, 0.5) is 13.2 Å². The average molecular weight is 357 g/mol. The monoisotopic (exact) mass is 357 g/mol. The van der Waals surface area contributed by atoms with E-state index in [0.29, 0.717) is 17.8 Å². The summed E-state index contributed by atoms with van der Waals surface area (Å²) in [5.41, 5.74) is -0.221. The number of nitrogens with zero attached hydrogens (tertiary/aromatic N) is 2. The quantitative estimate of drug-likeness (QED) is 0.858. The van der Waals surface area contributed by atoms with Crippen molar-refractivity contribution in [2.75, 3.05) is 0 Å². The zero-order valence-corrected chi connectivity index (χ0v) is 13.2. The summed E-state index contributed by atoms with van der Waals surface area (Å²) >= 11 is 0. The molecule has 0 fully saturated rings. The Morgan fingerprint density at radius 1 is 1.21 bits per heavy atom. The maximum Gasteiger partial charge on any atom is 0.435 e. The van der Waals surface area contributed by atoms with Gasteiger partial charge in [0.15, 0.2) is 5.69 Å². The van der Waals surface area contributed by atoms with E-state index in [9.17, 15) is 21.6 Å². The van der Waals surface area contributed by atoms with E-state index in [1.165, 1.54) is 28.9 Å². The van der Waals surface area contributed by atoms with Gasteiger partial charge in [0, 0.05) is 5.92 Å². The molecule has 0 amide bonds. The van der Waals surface area contributed by atoms with Gasteiger partial charge in [0.2, 0.25) is 10.0 Å². The van der Waals surface area contributed by atoms with Crippen molar-refractivity contribution in [1.82, 2.24) is 9.78 Å². The Kier molecular flexibility index (Phi) is 4.00. The lowest BCUT2D eigenvalue weighted by Crippen LogP contribution is -2.12. The Morgan fingerprint density at radius 2 is 1.88 bits per heavy atom. The number of aromatic nitrogens is 2. The fourth-order valence-electron chi connectivity index (χ4n) is 2.66. The topological polar surface area (TPSA) is 78.0 Å². The molecular weight excluding hydrogens is 343 g/mol. The molecule has 1 aliphatic rings. The molecule has 128 valence electrons. The number of allylic oxidation sites excluding steroid dienone is 2. The number of benzene rings is 1.